The number of rotatable bonds is 6. The molecule has 1 aromatic carbocycles. The lowest BCUT2D eigenvalue weighted by Crippen LogP contribution is -2.51. The minimum Gasteiger partial charge on any atom is -0.391 e. The van der Waals surface area contributed by atoms with Crippen molar-refractivity contribution < 1.29 is 24.7 Å². The number of hydrogen-bond acceptors (Lipinski definition) is 5. The zero-order chi connectivity index (χ0) is 16.7. The van der Waals surface area contributed by atoms with Crippen molar-refractivity contribution in [1.29, 1.82) is 0 Å². The number of amides is 3. The third kappa shape index (κ3) is 6.05. The molecule has 5 N–H and O–H groups in total. The second-order valence-electron chi connectivity index (χ2n) is 4.65. The van der Waals surface area contributed by atoms with Gasteiger partial charge < -0.3 is 15.7 Å². The van der Waals surface area contributed by atoms with Gasteiger partial charge in [0.05, 0.1) is 6.10 Å². The minimum absolute atomic E-state index is 0. The maximum absolute atomic E-state index is 12.0. The predicted octanol–water partition coefficient (Wildman–Crippen LogP) is 0.656. The van der Waals surface area contributed by atoms with Crippen LogP contribution < -0.4 is 16.1 Å². The van der Waals surface area contributed by atoms with Gasteiger partial charge in [0.1, 0.15) is 6.04 Å². The molecule has 0 aliphatic heterocycles. The van der Waals surface area contributed by atoms with Crippen molar-refractivity contribution in [3.8, 4) is 0 Å². The molecule has 0 bridgehead atoms. The Morgan fingerprint density at radius 1 is 1.17 bits per heavy atom. The van der Waals surface area contributed by atoms with Crippen LogP contribution in [0.3, 0.4) is 0 Å². The summed E-state index contributed by atoms with van der Waals surface area (Å²) in [7, 11) is 0. The van der Waals surface area contributed by atoms with Crippen LogP contribution in [0, 0.1) is 0 Å². The number of aliphatic hydroxyl groups is 1. The second-order valence-corrected chi connectivity index (χ2v) is 4.65. The first kappa shape index (κ1) is 20.6. The van der Waals surface area contributed by atoms with E-state index in [4.69, 9.17) is 5.21 Å². The second kappa shape index (κ2) is 9.54. The van der Waals surface area contributed by atoms with Gasteiger partial charge in [-0.15, -0.1) is 0 Å². The van der Waals surface area contributed by atoms with Gasteiger partial charge in [0.15, 0.2) is 0 Å². The Kier molecular flexibility index (Phi) is 8.53. The molecule has 23 heavy (non-hydrogen) atoms. The molecule has 0 fully saturated rings. The van der Waals surface area contributed by atoms with Crippen LogP contribution in [0.15, 0.2) is 24.3 Å². The number of hydrogen-bond donors (Lipinski definition) is 5. The van der Waals surface area contributed by atoms with Crippen LogP contribution in [0.5, 0.6) is 0 Å². The summed E-state index contributed by atoms with van der Waals surface area (Å²) in [5.74, 6) is -1.66. The Morgan fingerprint density at radius 3 is 2.17 bits per heavy atom. The fourth-order valence-corrected chi connectivity index (χ4v) is 1.65. The number of carbonyl (C=O) groups is 3. The summed E-state index contributed by atoms with van der Waals surface area (Å²) in [6.07, 6.45) is -0.839. The Labute approximate surface area is 134 Å². The normalized spacial score (nSPS) is 12.3. The number of nitrogens with one attached hydrogen (secondary N) is 3. The highest BCUT2D eigenvalue weighted by molar-refractivity contribution is 5.98. The fourth-order valence-electron chi connectivity index (χ4n) is 1.65. The van der Waals surface area contributed by atoms with Crippen LogP contribution in [0.4, 0.5) is 5.69 Å². The molecule has 0 saturated heterocycles. The number of aliphatic hydroxyl groups excluding tert-OH is 1. The minimum atomic E-state index is -1.28. The molecule has 8 heteroatoms. The lowest BCUT2D eigenvalue weighted by Gasteiger charge is -2.19. The standard InChI is InChI=1S/C14H19N3O5.CH4/c1-3-11(19)15-10-6-4-9(5-7-10)13(20)16-12(8(2)18)14(21)17-22;/h4-8,12,18,22H,3H2,1-2H3,(H,15,19)(H,16,20)(H,17,21);1H4/t8-,12+;/m1./s1. The van der Waals surface area contributed by atoms with E-state index in [0.717, 1.165) is 0 Å². The van der Waals surface area contributed by atoms with Crippen LogP contribution in [-0.4, -0.2) is 40.2 Å². The van der Waals surface area contributed by atoms with Crippen molar-refractivity contribution in [3.63, 3.8) is 0 Å². The summed E-state index contributed by atoms with van der Waals surface area (Å²) in [6.45, 7) is 3.03. The van der Waals surface area contributed by atoms with Crippen LogP contribution in [0.1, 0.15) is 38.1 Å². The van der Waals surface area contributed by atoms with Crippen molar-refractivity contribution in [1.82, 2.24) is 10.8 Å². The summed E-state index contributed by atoms with van der Waals surface area (Å²) < 4.78 is 0. The van der Waals surface area contributed by atoms with Gasteiger partial charge in [0.25, 0.3) is 11.8 Å². The molecule has 0 spiro atoms. The van der Waals surface area contributed by atoms with Crippen molar-refractivity contribution in [2.24, 2.45) is 0 Å². The van der Waals surface area contributed by atoms with Gasteiger partial charge in [-0.2, -0.15) is 0 Å². The van der Waals surface area contributed by atoms with Gasteiger partial charge >= 0.3 is 0 Å². The van der Waals surface area contributed by atoms with Gasteiger partial charge in [0, 0.05) is 17.7 Å². The molecule has 128 valence electrons. The molecular weight excluding hydrogens is 302 g/mol. The lowest BCUT2D eigenvalue weighted by molar-refractivity contribution is -0.133. The van der Waals surface area contributed by atoms with E-state index in [1.165, 1.54) is 24.5 Å². The molecule has 0 saturated carbocycles. The monoisotopic (exact) mass is 325 g/mol. The maximum Gasteiger partial charge on any atom is 0.268 e. The molecule has 0 heterocycles. The average Bonchev–Trinajstić information content (AvgIpc) is 2.51. The molecule has 0 radical (unpaired) electrons. The molecule has 0 aliphatic rings. The zero-order valence-corrected chi connectivity index (χ0v) is 12.3. The molecule has 1 rings (SSSR count). The van der Waals surface area contributed by atoms with Gasteiger partial charge in [-0.25, -0.2) is 5.48 Å². The van der Waals surface area contributed by atoms with E-state index >= 15 is 0 Å². The highest BCUT2D eigenvalue weighted by Gasteiger charge is 2.25. The molecule has 0 aromatic heterocycles. The first-order chi connectivity index (χ1) is 10.4. The molecule has 2 atom stereocenters. The molecule has 8 nitrogen and oxygen atoms in total. The van der Waals surface area contributed by atoms with Crippen LogP contribution in [-0.2, 0) is 9.59 Å². The molecule has 3 amide bonds. The van der Waals surface area contributed by atoms with E-state index in [2.05, 4.69) is 10.6 Å². The van der Waals surface area contributed by atoms with Crippen molar-refractivity contribution in [2.45, 2.75) is 39.8 Å². The largest absolute Gasteiger partial charge is 0.391 e. The molecule has 0 aliphatic carbocycles. The van der Waals surface area contributed by atoms with Crippen molar-refractivity contribution in [3.05, 3.63) is 29.8 Å². The van der Waals surface area contributed by atoms with Gasteiger partial charge in [-0.1, -0.05) is 14.4 Å². The topological polar surface area (TPSA) is 128 Å². The number of anilines is 1. The van der Waals surface area contributed by atoms with E-state index in [-0.39, 0.29) is 18.9 Å². The highest BCUT2D eigenvalue weighted by atomic mass is 16.5. The van der Waals surface area contributed by atoms with Crippen LogP contribution in [0.2, 0.25) is 0 Å². The first-order valence-electron chi connectivity index (χ1n) is 6.71. The Hall–Kier alpha value is -2.45. The Bertz CT molecular complexity index is 543. The molecule has 1 aromatic rings. The van der Waals surface area contributed by atoms with Gasteiger partial charge in [-0.3, -0.25) is 19.6 Å². The summed E-state index contributed by atoms with van der Waals surface area (Å²) in [6, 6.07) is 4.75. The van der Waals surface area contributed by atoms with Gasteiger partial charge in [0.2, 0.25) is 5.91 Å². The Morgan fingerprint density at radius 2 is 1.74 bits per heavy atom. The quantitative estimate of drug-likeness (QED) is 0.388. The van der Waals surface area contributed by atoms with E-state index in [1.54, 1.807) is 19.1 Å². The first-order valence-corrected chi connectivity index (χ1v) is 6.71. The van der Waals surface area contributed by atoms with Crippen molar-refractivity contribution >= 4 is 23.4 Å². The number of benzene rings is 1. The van der Waals surface area contributed by atoms with Crippen molar-refractivity contribution in [2.75, 3.05) is 5.32 Å². The van der Waals surface area contributed by atoms with Gasteiger partial charge in [-0.05, 0) is 31.2 Å². The SMILES string of the molecule is C.CCC(=O)Nc1ccc(C(=O)N[C@H](C(=O)NO)[C@@H](C)O)cc1. The number of carbonyl (C=O) groups excluding carboxylic acids is 3. The number of hydroxylamine groups is 1. The average molecular weight is 325 g/mol. The molecular formula is C15H23N3O5. The van der Waals surface area contributed by atoms with E-state index in [1.807, 2.05) is 0 Å². The van der Waals surface area contributed by atoms with Crippen LogP contribution >= 0.6 is 0 Å². The summed E-state index contributed by atoms with van der Waals surface area (Å²) in [4.78, 5) is 34.6. The summed E-state index contributed by atoms with van der Waals surface area (Å²) >= 11 is 0. The van der Waals surface area contributed by atoms with E-state index < -0.39 is 24.0 Å². The van der Waals surface area contributed by atoms with E-state index in [9.17, 15) is 19.5 Å². The van der Waals surface area contributed by atoms with E-state index in [0.29, 0.717) is 12.1 Å². The highest BCUT2D eigenvalue weighted by Crippen LogP contribution is 2.10. The summed E-state index contributed by atoms with van der Waals surface area (Å²) in [5.41, 5.74) is 2.17. The zero-order valence-electron chi connectivity index (χ0n) is 12.3. The predicted molar refractivity (Wildman–Crippen MR) is 85.0 cm³/mol. The smallest absolute Gasteiger partial charge is 0.268 e. The molecule has 0 unspecified atom stereocenters. The third-order valence-electron chi connectivity index (χ3n) is 2.91. The summed E-state index contributed by atoms with van der Waals surface area (Å²) in [5, 5.41) is 23.0. The maximum atomic E-state index is 12.0. The fraction of sp³-hybridized carbons (Fsp3) is 0.400. The van der Waals surface area contributed by atoms with Crippen LogP contribution in [0.25, 0.3) is 0 Å². The third-order valence-corrected chi connectivity index (χ3v) is 2.91. The lowest BCUT2D eigenvalue weighted by atomic mass is 10.1. The Balaban J connectivity index is 0.00000484.